The Morgan fingerprint density at radius 2 is 2.04 bits per heavy atom. The zero-order valence-corrected chi connectivity index (χ0v) is 15.6. The molecule has 1 aliphatic rings. The Hall–Kier alpha value is -2.03. The third-order valence-corrected chi connectivity index (χ3v) is 4.80. The van der Waals surface area contributed by atoms with Crippen LogP contribution >= 0.6 is 11.3 Å². The van der Waals surface area contributed by atoms with E-state index >= 15 is 0 Å². The van der Waals surface area contributed by atoms with E-state index in [1.54, 1.807) is 13.8 Å². The van der Waals surface area contributed by atoms with Crippen molar-refractivity contribution < 1.29 is 18.7 Å². The van der Waals surface area contributed by atoms with Crippen LogP contribution in [0, 0.1) is 5.82 Å². The van der Waals surface area contributed by atoms with Gasteiger partial charge in [-0.05, 0) is 38.1 Å². The SMILES string of the molecule is CC(C)(Oc1ccc(F)cc1)C(=O)Nc1nc(CN2CCOCC2)cs1. The number of hydrogen-bond donors (Lipinski definition) is 1. The molecule has 0 aliphatic carbocycles. The molecular formula is C18H22FN3O3S. The van der Waals surface area contributed by atoms with Crippen LogP contribution in [0.4, 0.5) is 9.52 Å². The number of nitrogens with one attached hydrogen (secondary N) is 1. The molecule has 2 heterocycles. The number of halogens is 1. The van der Waals surface area contributed by atoms with Gasteiger partial charge in [-0.3, -0.25) is 15.0 Å². The highest BCUT2D eigenvalue weighted by atomic mass is 32.1. The van der Waals surface area contributed by atoms with Gasteiger partial charge >= 0.3 is 0 Å². The number of carbonyl (C=O) groups excluding carboxylic acids is 1. The van der Waals surface area contributed by atoms with Crippen LogP contribution in [0.15, 0.2) is 29.6 Å². The van der Waals surface area contributed by atoms with E-state index in [9.17, 15) is 9.18 Å². The van der Waals surface area contributed by atoms with Crippen molar-refractivity contribution in [3.05, 3.63) is 41.2 Å². The van der Waals surface area contributed by atoms with Gasteiger partial charge in [0, 0.05) is 25.0 Å². The van der Waals surface area contributed by atoms with Crippen molar-refractivity contribution in [3.8, 4) is 5.75 Å². The van der Waals surface area contributed by atoms with Crippen LogP contribution in [-0.2, 0) is 16.1 Å². The quantitative estimate of drug-likeness (QED) is 0.836. The summed E-state index contributed by atoms with van der Waals surface area (Å²) in [5, 5.41) is 5.28. The lowest BCUT2D eigenvalue weighted by atomic mass is 10.1. The maximum atomic E-state index is 13.0. The fourth-order valence-corrected chi connectivity index (χ4v) is 3.21. The average molecular weight is 379 g/mol. The molecule has 6 nitrogen and oxygen atoms in total. The first-order valence-electron chi connectivity index (χ1n) is 8.43. The molecule has 1 amide bonds. The molecule has 1 N–H and O–H groups in total. The van der Waals surface area contributed by atoms with Crippen LogP contribution in [0.1, 0.15) is 19.5 Å². The minimum Gasteiger partial charge on any atom is -0.478 e. The maximum absolute atomic E-state index is 13.0. The van der Waals surface area contributed by atoms with Crippen molar-refractivity contribution in [1.82, 2.24) is 9.88 Å². The fourth-order valence-electron chi connectivity index (χ4n) is 2.52. The highest BCUT2D eigenvalue weighted by molar-refractivity contribution is 7.13. The van der Waals surface area contributed by atoms with Crippen LogP contribution in [0.5, 0.6) is 5.75 Å². The van der Waals surface area contributed by atoms with Crippen molar-refractivity contribution in [2.45, 2.75) is 26.0 Å². The van der Waals surface area contributed by atoms with Gasteiger partial charge in [-0.25, -0.2) is 9.37 Å². The normalized spacial score (nSPS) is 15.7. The van der Waals surface area contributed by atoms with Crippen LogP contribution in [0.3, 0.4) is 0 Å². The summed E-state index contributed by atoms with van der Waals surface area (Å²) in [4.78, 5) is 19.3. The summed E-state index contributed by atoms with van der Waals surface area (Å²) in [5.74, 6) is -0.233. The monoisotopic (exact) mass is 379 g/mol. The smallest absolute Gasteiger partial charge is 0.269 e. The summed E-state index contributed by atoms with van der Waals surface area (Å²) in [6, 6.07) is 5.58. The molecule has 3 rings (SSSR count). The number of thiazole rings is 1. The molecule has 1 fully saturated rings. The molecule has 1 saturated heterocycles. The number of anilines is 1. The number of rotatable bonds is 6. The minimum atomic E-state index is -1.12. The molecule has 0 saturated carbocycles. The van der Waals surface area contributed by atoms with E-state index in [-0.39, 0.29) is 11.7 Å². The van der Waals surface area contributed by atoms with E-state index in [0.717, 1.165) is 38.5 Å². The summed E-state index contributed by atoms with van der Waals surface area (Å²) in [6.07, 6.45) is 0. The van der Waals surface area contributed by atoms with Crippen molar-refractivity contribution in [2.24, 2.45) is 0 Å². The third-order valence-electron chi connectivity index (χ3n) is 3.99. The number of ether oxygens (including phenoxy) is 2. The molecule has 26 heavy (non-hydrogen) atoms. The van der Waals surface area contributed by atoms with Crippen molar-refractivity contribution in [1.29, 1.82) is 0 Å². The molecule has 0 unspecified atom stereocenters. The molecule has 1 aromatic carbocycles. The van der Waals surface area contributed by atoms with Gasteiger partial charge in [-0.1, -0.05) is 0 Å². The Labute approximate surface area is 155 Å². The minimum absolute atomic E-state index is 0.311. The number of hydrogen-bond acceptors (Lipinski definition) is 6. The Morgan fingerprint density at radius 1 is 1.35 bits per heavy atom. The fraction of sp³-hybridized carbons (Fsp3) is 0.444. The molecule has 0 atom stereocenters. The Balaban J connectivity index is 1.57. The summed E-state index contributed by atoms with van der Waals surface area (Å²) < 4.78 is 24.0. The molecule has 1 aliphatic heterocycles. The number of carbonyl (C=O) groups is 1. The molecule has 8 heteroatoms. The first kappa shape index (κ1) is 18.8. The molecule has 140 valence electrons. The number of nitrogens with zero attached hydrogens (tertiary/aromatic N) is 2. The highest BCUT2D eigenvalue weighted by Crippen LogP contribution is 2.22. The van der Waals surface area contributed by atoms with Gasteiger partial charge in [0.05, 0.1) is 18.9 Å². The van der Waals surface area contributed by atoms with E-state index < -0.39 is 5.60 Å². The number of morpholine rings is 1. The average Bonchev–Trinajstić information content (AvgIpc) is 3.04. The second kappa shape index (κ2) is 8.11. The summed E-state index contributed by atoms with van der Waals surface area (Å²) in [6.45, 7) is 7.31. The molecule has 0 radical (unpaired) electrons. The van der Waals surface area contributed by atoms with Gasteiger partial charge in [0.2, 0.25) is 0 Å². The Morgan fingerprint density at radius 3 is 2.73 bits per heavy atom. The number of benzene rings is 1. The highest BCUT2D eigenvalue weighted by Gasteiger charge is 2.30. The first-order chi connectivity index (χ1) is 12.4. The predicted octanol–water partition coefficient (Wildman–Crippen LogP) is 2.91. The van der Waals surface area contributed by atoms with Crippen LogP contribution in [-0.4, -0.2) is 47.7 Å². The standard InChI is InChI=1S/C18H22FN3O3S/c1-18(2,25-15-5-3-13(19)4-6-15)16(23)21-17-20-14(12-26-17)11-22-7-9-24-10-8-22/h3-6,12H,7-11H2,1-2H3,(H,20,21,23). The molecular weight excluding hydrogens is 357 g/mol. The van der Waals surface area contributed by atoms with Gasteiger partial charge in [0.25, 0.3) is 5.91 Å². The summed E-state index contributed by atoms with van der Waals surface area (Å²) >= 11 is 1.38. The van der Waals surface area contributed by atoms with Gasteiger partial charge in [0.15, 0.2) is 10.7 Å². The second-order valence-electron chi connectivity index (χ2n) is 6.55. The molecule has 0 spiro atoms. The van der Waals surface area contributed by atoms with Gasteiger partial charge in [-0.2, -0.15) is 0 Å². The molecule has 0 bridgehead atoms. The summed E-state index contributed by atoms with van der Waals surface area (Å²) in [7, 11) is 0. The Kier molecular flexibility index (Phi) is 5.85. The van der Waals surface area contributed by atoms with Crippen molar-refractivity contribution in [2.75, 3.05) is 31.6 Å². The van der Waals surface area contributed by atoms with E-state index in [2.05, 4.69) is 15.2 Å². The van der Waals surface area contributed by atoms with Crippen LogP contribution in [0.2, 0.25) is 0 Å². The van der Waals surface area contributed by atoms with Gasteiger partial charge in [-0.15, -0.1) is 11.3 Å². The van der Waals surface area contributed by atoms with E-state index in [1.807, 2.05) is 5.38 Å². The van der Waals surface area contributed by atoms with Gasteiger partial charge < -0.3 is 9.47 Å². The van der Waals surface area contributed by atoms with Gasteiger partial charge in [0.1, 0.15) is 11.6 Å². The number of amides is 1. The first-order valence-corrected chi connectivity index (χ1v) is 9.31. The van der Waals surface area contributed by atoms with E-state index in [1.165, 1.54) is 35.6 Å². The zero-order valence-electron chi connectivity index (χ0n) is 14.8. The topological polar surface area (TPSA) is 63.7 Å². The van der Waals surface area contributed by atoms with E-state index in [4.69, 9.17) is 9.47 Å². The number of aromatic nitrogens is 1. The van der Waals surface area contributed by atoms with Crippen molar-refractivity contribution in [3.63, 3.8) is 0 Å². The van der Waals surface area contributed by atoms with E-state index in [0.29, 0.717) is 10.9 Å². The predicted molar refractivity (Wildman–Crippen MR) is 97.9 cm³/mol. The van der Waals surface area contributed by atoms with Crippen LogP contribution in [0.25, 0.3) is 0 Å². The molecule has 2 aromatic rings. The largest absolute Gasteiger partial charge is 0.478 e. The summed E-state index contributed by atoms with van der Waals surface area (Å²) in [5.41, 5.74) is -0.196. The van der Waals surface area contributed by atoms with Crippen molar-refractivity contribution >= 4 is 22.4 Å². The maximum Gasteiger partial charge on any atom is 0.269 e. The lowest BCUT2D eigenvalue weighted by molar-refractivity contribution is -0.128. The lowest BCUT2D eigenvalue weighted by Gasteiger charge is -2.25. The Bertz CT molecular complexity index is 742. The zero-order chi connectivity index (χ0) is 18.6. The lowest BCUT2D eigenvalue weighted by Crippen LogP contribution is -2.42. The van der Waals surface area contributed by atoms with Crippen LogP contribution < -0.4 is 10.1 Å². The second-order valence-corrected chi connectivity index (χ2v) is 7.41. The molecule has 1 aromatic heterocycles. The third kappa shape index (κ3) is 5.00.